The van der Waals surface area contributed by atoms with Gasteiger partial charge >= 0.3 is 0 Å². The number of aromatic nitrogens is 4. The maximum Gasteiger partial charge on any atom is 0.287 e. The fraction of sp³-hybridized carbons (Fsp3) is 0.312. The Morgan fingerprint density at radius 2 is 2.23 bits per heavy atom. The van der Waals surface area contributed by atoms with Crippen LogP contribution in [0.3, 0.4) is 0 Å². The molecule has 0 radical (unpaired) electrons. The average molecular weight is 297 g/mol. The summed E-state index contributed by atoms with van der Waals surface area (Å²) in [6.45, 7) is 4.04. The van der Waals surface area contributed by atoms with Crippen LogP contribution < -0.4 is 5.32 Å². The van der Waals surface area contributed by atoms with Crippen LogP contribution in [-0.2, 0) is 7.05 Å². The number of carbonyl (C=O) groups excluding carboxylic acids is 1. The molecule has 114 valence electrons. The Kier molecular flexibility index (Phi) is 3.66. The Balaban J connectivity index is 1.84. The number of nitrogens with zero attached hydrogens (tertiary/aromatic N) is 3. The van der Waals surface area contributed by atoms with E-state index in [2.05, 4.69) is 20.4 Å². The number of aryl methyl sites for hydroxylation is 2. The molecule has 3 rings (SSSR count). The lowest BCUT2D eigenvalue weighted by Crippen LogP contribution is -2.30. The van der Waals surface area contributed by atoms with E-state index in [0.717, 1.165) is 28.7 Å². The fourth-order valence-corrected chi connectivity index (χ4v) is 2.57. The van der Waals surface area contributed by atoms with Crippen molar-refractivity contribution in [2.24, 2.45) is 7.05 Å². The van der Waals surface area contributed by atoms with E-state index in [0.29, 0.717) is 5.82 Å². The lowest BCUT2D eigenvalue weighted by atomic mass is 10.1. The molecule has 0 aliphatic carbocycles. The maximum absolute atomic E-state index is 12.4. The summed E-state index contributed by atoms with van der Waals surface area (Å²) in [4.78, 5) is 19.9. The highest BCUT2D eigenvalue weighted by atomic mass is 16.2. The largest absolute Gasteiger partial charge is 0.341 e. The third-order valence-electron chi connectivity index (χ3n) is 3.78. The summed E-state index contributed by atoms with van der Waals surface area (Å²) in [5.41, 5.74) is 3.77. The maximum atomic E-state index is 12.4. The number of rotatable bonds is 4. The second-order valence-electron chi connectivity index (χ2n) is 5.42. The summed E-state index contributed by atoms with van der Waals surface area (Å²) in [6, 6.07) is 7.70. The molecule has 0 saturated heterocycles. The molecule has 2 heterocycles. The number of H-pyrrole nitrogens is 1. The van der Waals surface area contributed by atoms with E-state index in [1.807, 2.05) is 45.2 Å². The fourth-order valence-electron chi connectivity index (χ4n) is 2.57. The van der Waals surface area contributed by atoms with Gasteiger partial charge in [-0.2, -0.15) is 5.10 Å². The minimum absolute atomic E-state index is 0.0880. The second-order valence-corrected chi connectivity index (χ2v) is 5.42. The molecule has 6 nitrogen and oxygen atoms in total. The Morgan fingerprint density at radius 1 is 1.41 bits per heavy atom. The van der Waals surface area contributed by atoms with E-state index in [1.165, 1.54) is 0 Å². The zero-order chi connectivity index (χ0) is 15.7. The van der Waals surface area contributed by atoms with Crippen LogP contribution in [0, 0.1) is 6.92 Å². The minimum atomic E-state index is -0.207. The number of aromatic amines is 1. The van der Waals surface area contributed by atoms with Crippen molar-refractivity contribution in [3.63, 3.8) is 0 Å². The first-order chi connectivity index (χ1) is 10.6. The first-order valence-electron chi connectivity index (χ1n) is 7.33. The van der Waals surface area contributed by atoms with Crippen LogP contribution in [-0.4, -0.2) is 25.7 Å². The van der Waals surface area contributed by atoms with Crippen molar-refractivity contribution in [2.75, 3.05) is 0 Å². The number of nitrogens with one attached hydrogen (secondary N) is 2. The second kappa shape index (κ2) is 5.63. The van der Waals surface area contributed by atoms with E-state index in [4.69, 9.17) is 0 Å². The monoisotopic (exact) mass is 297 g/mol. The van der Waals surface area contributed by atoms with Gasteiger partial charge in [-0.3, -0.25) is 9.48 Å². The van der Waals surface area contributed by atoms with Crippen molar-refractivity contribution in [3.05, 3.63) is 47.5 Å². The number of amides is 1. The molecule has 22 heavy (non-hydrogen) atoms. The van der Waals surface area contributed by atoms with Crippen molar-refractivity contribution < 1.29 is 4.79 Å². The molecule has 1 amide bonds. The van der Waals surface area contributed by atoms with E-state index >= 15 is 0 Å². The molecule has 2 aromatic heterocycles. The number of hydrogen-bond donors (Lipinski definition) is 2. The molecule has 1 unspecified atom stereocenters. The highest BCUT2D eigenvalue weighted by Crippen LogP contribution is 2.17. The molecular weight excluding hydrogens is 278 g/mol. The summed E-state index contributed by atoms with van der Waals surface area (Å²) in [6.07, 6.45) is 2.51. The van der Waals surface area contributed by atoms with Gasteiger partial charge in [-0.25, -0.2) is 4.98 Å². The van der Waals surface area contributed by atoms with Crippen molar-refractivity contribution in [1.82, 2.24) is 25.1 Å². The van der Waals surface area contributed by atoms with Gasteiger partial charge in [0.1, 0.15) is 0 Å². The molecule has 0 aliphatic heterocycles. The Morgan fingerprint density at radius 3 is 2.91 bits per heavy atom. The van der Waals surface area contributed by atoms with Crippen LogP contribution in [0.4, 0.5) is 0 Å². The zero-order valence-electron chi connectivity index (χ0n) is 12.9. The van der Waals surface area contributed by atoms with Crippen molar-refractivity contribution >= 4 is 16.9 Å². The third kappa shape index (κ3) is 2.59. The molecule has 2 N–H and O–H groups in total. The van der Waals surface area contributed by atoms with Crippen molar-refractivity contribution in [2.45, 2.75) is 26.3 Å². The summed E-state index contributed by atoms with van der Waals surface area (Å²) >= 11 is 0. The molecule has 0 bridgehead atoms. The van der Waals surface area contributed by atoms with Crippen LogP contribution in [0.15, 0.2) is 30.5 Å². The molecule has 0 saturated carbocycles. The number of fused-ring (bicyclic) bond motifs is 1. The van der Waals surface area contributed by atoms with Crippen molar-refractivity contribution in [3.8, 4) is 0 Å². The lowest BCUT2D eigenvalue weighted by molar-refractivity contribution is 0.0924. The van der Waals surface area contributed by atoms with Gasteiger partial charge in [0.2, 0.25) is 0 Å². The molecule has 0 spiro atoms. The van der Waals surface area contributed by atoms with Crippen LogP contribution in [0.5, 0.6) is 0 Å². The topological polar surface area (TPSA) is 75.6 Å². The van der Waals surface area contributed by atoms with Gasteiger partial charge in [0.25, 0.3) is 5.91 Å². The normalized spacial score (nSPS) is 12.5. The quantitative estimate of drug-likeness (QED) is 0.777. The van der Waals surface area contributed by atoms with E-state index in [9.17, 15) is 4.79 Å². The molecule has 0 fully saturated rings. The van der Waals surface area contributed by atoms with Gasteiger partial charge < -0.3 is 10.3 Å². The first kappa shape index (κ1) is 14.3. The molecule has 1 aromatic carbocycles. The number of carbonyl (C=O) groups is 1. The Bertz CT molecular complexity index is 817. The standard InChI is InChI=1S/C16H19N5O/c1-4-11(14-7-8-17-21(14)3)20-16(22)15-18-12-6-5-10(2)9-13(12)19-15/h5-9,11H,4H2,1-3H3,(H,18,19)(H,20,22). The zero-order valence-corrected chi connectivity index (χ0v) is 12.9. The predicted molar refractivity (Wildman–Crippen MR) is 84.5 cm³/mol. The van der Waals surface area contributed by atoms with Crippen LogP contribution in [0.2, 0.25) is 0 Å². The number of benzene rings is 1. The third-order valence-corrected chi connectivity index (χ3v) is 3.78. The predicted octanol–water partition coefficient (Wildman–Crippen LogP) is 2.49. The molecule has 3 aromatic rings. The summed E-state index contributed by atoms with van der Waals surface area (Å²) in [7, 11) is 1.87. The van der Waals surface area contributed by atoms with Gasteiger partial charge in [0.15, 0.2) is 5.82 Å². The van der Waals surface area contributed by atoms with Crippen molar-refractivity contribution in [1.29, 1.82) is 0 Å². The smallest absolute Gasteiger partial charge is 0.287 e. The molecule has 1 atom stereocenters. The van der Waals surface area contributed by atoms with Gasteiger partial charge in [0.05, 0.1) is 22.8 Å². The Labute approximate surface area is 128 Å². The Hall–Kier alpha value is -2.63. The highest BCUT2D eigenvalue weighted by Gasteiger charge is 2.19. The molecule has 6 heteroatoms. The summed E-state index contributed by atoms with van der Waals surface area (Å²) in [5.74, 6) is 0.128. The SMILES string of the molecule is CCC(NC(=O)c1nc2ccc(C)cc2[nH]1)c1ccnn1C. The van der Waals surface area contributed by atoms with Crippen LogP contribution >= 0.6 is 0 Å². The lowest BCUT2D eigenvalue weighted by Gasteiger charge is -2.16. The number of imidazole rings is 1. The van der Waals surface area contributed by atoms with Gasteiger partial charge in [-0.15, -0.1) is 0 Å². The number of hydrogen-bond acceptors (Lipinski definition) is 3. The van der Waals surface area contributed by atoms with E-state index in [-0.39, 0.29) is 11.9 Å². The van der Waals surface area contributed by atoms with E-state index < -0.39 is 0 Å². The van der Waals surface area contributed by atoms with Gasteiger partial charge in [-0.05, 0) is 37.1 Å². The molecular formula is C16H19N5O. The minimum Gasteiger partial charge on any atom is -0.341 e. The summed E-state index contributed by atoms with van der Waals surface area (Å²) < 4.78 is 1.77. The molecule has 0 aliphatic rings. The summed E-state index contributed by atoms with van der Waals surface area (Å²) in [5, 5.41) is 7.16. The average Bonchev–Trinajstić information content (AvgIpc) is 3.10. The van der Waals surface area contributed by atoms with E-state index in [1.54, 1.807) is 10.9 Å². The first-order valence-corrected chi connectivity index (χ1v) is 7.33. The van der Waals surface area contributed by atoms with Crippen LogP contribution in [0.25, 0.3) is 11.0 Å². The van der Waals surface area contributed by atoms with Crippen LogP contribution in [0.1, 0.15) is 41.3 Å². The van der Waals surface area contributed by atoms with Gasteiger partial charge in [-0.1, -0.05) is 13.0 Å². The highest BCUT2D eigenvalue weighted by molar-refractivity contribution is 5.94. The van der Waals surface area contributed by atoms with Gasteiger partial charge in [0, 0.05) is 13.2 Å².